The molecule has 5 rings (SSSR count). The predicted molar refractivity (Wildman–Crippen MR) is 113 cm³/mol. The van der Waals surface area contributed by atoms with Crippen molar-refractivity contribution in [2.45, 2.75) is 31.6 Å². The molecule has 29 heavy (non-hydrogen) atoms. The number of para-hydroxylation sites is 1. The van der Waals surface area contributed by atoms with Gasteiger partial charge in [-0.15, -0.1) is 0 Å². The van der Waals surface area contributed by atoms with Crippen LogP contribution in [0.2, 0.25) is 0 Å². The SMILES string of the molecule is O=C(/C=C/c1ccc(C2CC2)cc1OCC1CC1)Nc1cccc2[nH]c(=O)[nH]c12. The van der Waals surface area contributed by atoms with Crippen LogP contribution >= 0.6 is 0 Å². The molecule has 0 bridgehead atoms. The lowest BCUT2D eigenvalue weighted by atomic mass is 10.1. The minimum absolute atomic E-state index is 0.265. The molecule has 0 unspecified atom stereocenters. The van der Waals surface area contributed by atoms with E-state index in [2.05, 4.69) is 27.4 Å². The summed E-state index contributed by atoms with van der Waals surface area (Å²) in [6.45, 7) is 0.740. The van der Waals surface area contributed by atoms with Crippen molar-refractivity contribution >= 4 is 28.7 Å². The first-order valence-electron chi connectivity index (χ1n) is 10.1. The van der Waals surface area contributed by atoms with Crippen LogP contribution in [0.25, 0.3) is 17.1 Å². The lowest BCUT2D eigenvalue weighted by molar-refractivity contribution is -0.111. The Morgan fingerprint density at radius 3 is 2.79 bits per heavy atom. The Bertz CT molecular complexity index is 1150. The third-order valence-electron chi connectivity index (χ3n) is 5.48. The predicted octanol–water partition coefficient (Wildman–Crippen LogP) is 4.17. The molecule has 3 aromatic rings. The first kappa shape index (κ1) is 17.8. The number of fused-ring (bicyclic) bond motifs is 1. The summed E-state index contributed by atoms with van der Waals surface area (Å²) < 4.78 is 6.06. The number of aromatic nitrogens is 2. The number of imidazole rings is 1. The van der Waals surface area contributed by atoms with Crippen LogP contribution in [0.4, 0.5) is 5.69 Å². The minimum Gasteiger partial charge on any atom is -0.493 e. The number of ether oxygens (including phenoxy) is 1. The number of amides is 1. The fourth-order valence-corrected chi connectivity index (χ4v) is 3.48. The van der Waals surface area contributed by atoms with Gasteiger partial charge in [0.2, 0.25) is 5.91 Å². The summed E-state index contributed by atoms with van der Waals surface area (Å²) in [6, 6.07) is 11.6. The second-order valence-corrected chi connectivity index (χ2v) is 7.96. The highest BCUT2D eigenvalue weighted by molar-refractivity contribution is 6.06. The van der Waals surface area contributed by atoms with Gasteiger partial charge in [-0.05, 0) is 67.4 Å². The molecule has 0 spiro atoms. The maximum atomic E-state index is 12.5. The van der Waals surface area contributed by atoms with Gasteiger partial charge in [-0.1, -0.05) is 18.2 Å². The molecule has 2 fully saturated rings. The Morgan fingerprint density at radius 1 is 1.14 bits per heavy atom. The average Bonchev–Trinajstić information content (AvgIpc) is 3.63. The van der Waals surface area contributed by atoms with Crippen molar-refractivity contribution in [2.75, 3.05) is 11.9 Å². The van der Waals surface area contributed by atoms with Crippen LogP contribution in [-0.4, -0.2) is 22.5 Å². The second-order valence-electron chi connectivity index (χ2n) is 7.96. The number of hydrogen-bond acceptors (Lipinski definition) is 3. The van der Waals surface area contributed by atoms with E-state index in [4.69, 9.17) is 4.74 Å². The number of H-pyrrole nitrogens is 2. The van der Waals surface area contributed by atoms with Crippen molar-refractivity contribution in [1.29, 1.82) is 0 Å². The van der Waals surface area contributed by atoms with E-state index in [1.165, 1.54) is 37.3 Å². The van der Waals surface area contributed by atoms with Gasteiger partial charge in [0, 0.05) is 11.6 Å². The van der Waals surface area contributed by atoms with Gasteiger partial charge >= 0.3 is 5.69 Å². The van der Waals surface area contributed by atoms with Crippen molar-refractivity contribution in [3.8, 4) is 5.75 Å². The quantitative estimate of drug-likeness (QED) is 0.530. The standard InChI is InChI=1S/C23H23N3O3/c27-21(24-18-2-1-3-19-22(18)26-23(28)25-19)11-10-16-8-9-17(15-6-7-15)12-20(16)29-13-14-4-5-14/h1-3,8-12,14-15H,4-7,13H2,(H,24,27)(H2,25,26,28)/b11-10+. The van der Waals surface area contributed by atoms with Crippen LogP contribution in [-0.2, 0) is 4.79 Å². The Morgan fingerprint density at radius 2 is 2.00 bits per heavy atom. The van der Waals surface area contributed by atoms with Crippen LogP contribution in [0.15, 0.2) is 47.3 Å². The van der Waals surface area contributed by atoms with Crippen molar-refractivity contribution in [3.63, 3.8) is 0 Å². The molecular formula is C23H23N3O3. The zero-order valence-corrected chi connectivity index (χ0v) is 16.0. The Balaban J connectivity index is 1.34. The Labute approximate surface area is 168 Å². The number of carbonyl (C=O) groups is 1. The smallest absolute Gasteiger partial charge is 0.323 e. The van der Waals surface area contributed by atoms with E-state index in [1.807, 2.05) is 6.07 Å². The van der Waals surface area contributed by atoms with Gasteiger partial charge in [0.15, 0.2) is 0 Å². The van der Waals surface area contributed by atoms with Gasteiger partial charge in [-0.25, -0.2) is 4.79 Å². The third kappa shape index (κ3) is 4.11. The summed E-state index contributed by atoms with van der Waals surface area (Å²) in [7, 11) is 0. The van der Waals surface area contributed by atoms with Gasteiger partial charge in [-0.3, -0.25) is 4.79 Å². The number of anilines is 1. The van der Waals surface area contributed by atoms with Gasteiger partial charge in [0.05, 0.1) is 23.3 Å². The summed E-state index contributed by atoms with van der Waals surface area (Å²) in [5.41, 5.74) is 3.72. The van der Waals surface area contributed by atoms with Crippen LogP contribution in [0, 0.1) is 5.92 Å². The maximum absolute atomic E-state index is 12.5. The largest absolute Gasteiger partial charge is 0.493 e. The van der Waals surface area contributed by atoms with Gasteiger partial charge < -0.3 is 20.0 Å². The molecule has 148 valence electrons. The fraction of sp³-hybridized carbons (Fsp3) is 0.304. The number of nitrogens with one attached hydrogen (secondary N) is 3. The summed E-state index contributed by atoms with van der Waals surface area (Å²) in [5.74, 6) is 1.91. The summed E-state index contributed by atoms with van der Waals surface area (Å²) in [5, 5.41) is 2.83. The number of benzene rings is 2. The highest BCUT2D eigenvalue weighted by Gasteiger charge is 2.25. The summed E-state index contributed by atoms with van der Waals surface area (Å²) in [6.07, 6.45) is 8.25. The highest BCUT2D eigenvalue weighted by atomic mass is 16.5. The zero-order chi connectivity index (χ0) is 19.8. The van der Waals surface area contributed by atoms with E-state index in [1.54, 1.807) is 24.3 Å². The van der Waals surface area contributed by atoms with Crippen molar-refractivity contribution in [2.24, 2.45) is 5.92 Å². The van der Waals surface area contributed by atoms with E-state index < -0.39 is 0 Å². The minimum atomic E-state index is -0.301. The number of aromatic amines is 2. The zero-order valence-electron chi connectivity index (χ0n) is 16.0. The molecule has 2 aliphatic rings. The average molecular weight is 389 g/mol. The molecule has 2 aromatic carbocycles. The first-order chi connectivity index (χ1) is 14.2. The molecule has 2 saturated carbocycles. The molecule has 6 heteroatoms. The number of carbonyl (C=O) groups excluding carboxylic acids is 1. The molecule has 6 nitrogen and oxygen atoms in total. The molecule has 0 radical (unpaired) electrons. The molecule has 1 aromatic heterocycles. The first-order valence-corrected chi connectivity index (χ1v) is 10.1. The molecule has 3 N–H and O–H groups in total. The lowest BCUT2D eigenvalue weighted by Crippen LogP contribution is -2.08. The van der Waals surface area contributed by atoms with E-state index in [0.29, 0.717) is 28.6 Å². The van der Waals surface area contributed by atoms with Crippen LogP contribution in [0.5, 0.6) is 5.75 Å². The normalized spacial score (nSPS) is 16.4. The van der Waals surface area contributed by atoms with Crippen LogP contribution in [0.3, 0.4) is 0 Å². The van der Waals surface area contributed by atoms with Gasteiger partial charge in [0.25, 0.3) is 0 Å². The van der Waals surface area contributed by atoms with Crippen molar-refractivity contribution in [3.05, 3.63) is 64.1 Å². The molecule has 0 atom stereocenters. The molecule has 0 saturated heterocycles. The maximum Gasteiger partial charge on any atom is 0.323 e. The van der Waals surface area contributed by atoms with Crippen molar-refractivity contribution in [1.82, 2.24) is 9.97 Å². The Hall–Kier alpha value is -3.28. The van der Waals surface area contributed by atoms with E-state index in [-0.39, 0.29) is 11.6 Å². The molecule has 0 aliphatic heterocycles. The lowest BCUT2D eigenvalue weighted by Gasteiger charge is -2.11. The molecular weight excluding hydrogens is 366 g/mol. The van der Waals surface area contributed by atoms with Gasteiger partial charge in [-0.2, -0.15) is 0 Å². The van der Waals surface area contributed by atoms with Crippen LogP contribution < -0.4 is 15.7 Å². The van der Waals surface area contributed by atoms with E-state index in [9.17, 15) is 9.59 Å². The second kappa shape index (κ2) is 7.28. The fourth-order valence-electron chi connectivity index (χ4n) is 3.48. The molecule has 1 heterocycles. The monoisotopic (exact) mass is 389 g/mol. The van der Waals surface area contributed by atoms with Gasteiger partial charge in [0.1, 0.15) is 5.75 Å². The summed E-state index contributed by atoms with van der Waals surface area (Å²) >= 11 is 0. The number of hydrogen-bond donors (Lipinski definition) is 3. The van der Waals surface area contributed by atoms with Crippen molar-refractivity contribution < 1.29 is 9.53 Å². The number of rotatable bonds is 7. The third-order valence-corrected chi connectivity index (χ3v) is 5.48. The van der Waals surface area contributed by atoms with E-state index in [0.717, 1.165) is 17.9 Å². The van der Waals surface area contributed by atoms with Crippen LogP contribution in [0.1, 0.15) is 42.7 Å². The highest BCUT2D eigenvalue weighted by Crippen LogP contribution is 2.42. The molecule has 2 aliphatic carbocycles. The summed E-state index contributed by atoms with van der Waals surface area (Å²) in [4.78, 5) is 29.4. The molecule has 1 amide bonds. The Kier molecular flexibility index (Phi) is 4.46. The van der Waals surface area contributed by atoms with E-state index >= 15 is 0 Å². The topological polar surface area (TPSA) is 87.0 Å².